The van der Waals surface area contributed by atoms with E-state index in [-0.39, 0.29) is 4.90 Å². The van der Waals surface area contributed by atoms with Gasteiger partial charge in [0.15, 0.2) is 11.5 Å². The summed E-state index contributed by atoms with van der Waals surface area (Å²) in [7, 11) is -2.16. The molecule has 0 aliphatic carbocycles. The van der Waals surface area contributed by atoms with Crippen molar-refractivity contribution in [3.05, 3.63) is 60.0 Å². The highest BCUT2D eigenvalue weighted by molar-refractivity contribution is 7.98. The molecule has 0 amide bonds. The number of ether oxygens (including phenoxy) is 2. The van der Waals surface area contributed by atoms with Gasteiger partial charge >= 0.3 is 0 Å². The van der Waals surface area contributed by atoms with Gasteiger partial charge in [-0.15, -0.1) is 11.8 Å². The second-order valence-electron chi connectivity index (χ2n) is 6.74. The normalized spacial score (nSPS) is 13.1. The number of fused-ring (bicyclic) bond motifs is 1. The van der Waals surface area contributed by atoms with E-state index in [1.165, 1.54) is 25.1 Å². The van der Waals surface area contributed by atoms with Gasteiger partial charge in [0.05, 0.1) is 16.3 Å². The summed E-state index contributed by atoms with van der Waals surface area (Å²) >= 11 is 1.51. The van der Waals surface area contributed by atoms with Crippen molar-refractivity contribution in [3.8, 4) is 11.5 Å². The molecule has 3 aromatic rings. The number of sulfonamides is 1. The van der Waals surface area contributed by atoms with E-state index in [0.29, 0.717) is 31.1 Å². The van der Waals surface area contributed by atoms with Gasteiger partial charge in [-0.05, 0) is 49.2 Å². The summed E-state index contributed by atoms with van der Waals surface area (Å²) in [5.74, 6) is 2.07. The Kier molecular flexibility index (Phi) is 6.30. The van der Waals surface area contributed by atoms with Crippen molar-refractivity contribution in [3.63, 3.8) is 0 Å². The molecule has 2 heterocycles. The Morgan fingerprint density at radius 3 is 2.61 bits per heavy atom. The van der Waals surface area contributed by atoms with Crippen molar-refractivity contribution in [1.82, 2.24) is 14.7 Å². The summed E-state index contributed by atoms with van der Waals surface area (Å²) in [6, 6.07) is 12.6. The molecule has 0 atom stereocenters. The van der Waals surface area contributed by atoms with Gasteiger partial charge in [-0.25, -0.2) is 23.1 Å². The van der Waals surface area contributed by atoms with Crippen LogP contribution in [-0.2, 0) is 16.4 Å². The molecule has 2 N–H and O–H groups in total. The molecule has 2 aromatic carbocycles. The molecule has 0 saturated carbocycles. The first-order chi connectivity index (χ1) is 15.0. The zero-order valence-electron chi connectivity index (χ0n) is 17.1. The van der Waals surface area contributed by atoms with E-state index in [9.17, 15) is 8.42 Å². The SMILES string of the molecule is CNS(=O)(=O)c1ccc(SC)c(Nc2cc(Cc3ccc4c(c3)OCCO4)ncn2)c1. The van der Waals surface area contributed by atoms with Crippen LogP contribution in [-0.4, -0.2) is 44.9 Å². The van der Waals surface area contributed by atoms with Crippen molar-refractivity contribution >= 4 is 33.3 Å². The first-order valence-electron chi connectivity index (χ1n) is 9.56. The molecular formula is C21H22N4O4S2. The van der Waals surface area contributed by atoms with E-state index < -0.39 is 10.0 Å². The van der Waals surface area contributed by atoms with Gasteiger partial charge in [-0.2, -0.15) is 0 Å². The number of anilines is 2. The molecule has 1 aliphatic rings. The summed E-state index contributed by atoms with van der Waals surface area (Å²) < 4.78 is 37.9. The molecule has 0 radical (unpaired) electrons. The van der Waals surface area contributed by atoms with Crippen LogP contribution in [0.5, 0.6) is 11.5 Å². The van der Waals surface area contributed by atoms with Crippen LogP contribution < -0.4 is 19.5 Å². The minimum Gasteiger partial charge on any atom is -0.486 e. The molecule has 8 nitrogen and oxygen atoms in total. The Hall–Kier alpha value is -2.82. The number of aromatic nitrogens is 2. The minimum absolute atomic E-state index is 0.181. The zero-order chi connectivity index (χ0) is 21.8. The minimum atomic E-state index is -3.55. The summed E-state index contributed by atoms with van der Waals surface area (Å²) in [5, 5.41) is 3.23. The predicted molar refractivity (Wildman–Crippen MR) is 120 cm³/mol. The Morgan fingerprint density at radius 1 is 1.03 bits per heavy atom. The molecule has 0 bridgehead atoms. The lowest BCUT2D eigenvalue weighted by Gasteiger charge is -2.18. The van der Waals surface area contributed by atoms with Crippen LogP contribution in [0.25, 0.3) is 0 Å². The molecule has 162 valence electrons. The van der Waals surface area contributed by atoms with Gasteiger partial charge in [-0.1, -0.05) is 6.07 Å². The summed E-state index contributed by atoms with van der Waals surface area (Å²) in [5.41, 5.74) is 2.52. The fourth-order valence-corrected chi connectivity index (χ4v) is 4.47. The second kappa shape index (κ2) is 9.13. The van der Waals surface area contributed by atoms with Gasteiger partial charge in [0.2, 0.25) is 10.0 Å². The number of nitrogens with zero attached hydrogens (tertiary/aromatic N) is 2. The number of benzene rings is 2. The molecule has 4 rings (SSSR count). The van der Waals surface area contributed by atoms with E-state index >= 15 is 0 Å². The number of thioether (sulfide) groups is 1. The smallest absolute Gasteiger partial charge is 0.240 e. The molecule has 0 spiro atoms. The van der Waals surface area contributed by atoms with Crippen molar-refractivity contribution < 1.29 is 17.9 Å². The van der Waals surface area contributed by atoms with Crippen molar-refractivity contribution in [2.24, 2.45) is 0 Å². The third kappa shape index (κ3) is 4.92. The molecule has 0 unspecified atom stereocenters. The molecule has 1 aliphatic heterocycles. The summed E-state index contributed by atoms with van der Waals surface area (Å²) in [6.45, 7) is 1.10. The third-order valence-electron chi connectivity index (χ3n) is 4.73. The van der Waals surface area contributed by atoms with Crippen LogP contribution >= 0.6 is 11.8 Å². The van der Waals surface area contributed by atoms with Gasteiger partial charge in [0.1, 0.15) is 25.4 Å². The van der Waals surface area contributed by atoms with Gasteiger partial charge in [-0.3, -0.25) is 0 Å². The molecule has 31 heavy (non-hydrogen) atoms. The fourth-order valence-electron chi connectivity index (χ4n) is 3.18. The zero-order valence-corrected chi connectivity index (χ0v) is 18.7. The first kappa shape index (κ1) is 21.4. The van der Waals surface area contributed by atoms with Crippen LogP contribution in [0, 0.1) is 0 Å². The number of hydrogen-bond donors (Lipinski definition) is 2. The second-order valence-corrected chi connectivity index (χ2v) is 9.48. The van der Waals surface area contributed by atoms with Gasteiger partial charge in [0, 0.05) is 17.4 Å². The monoisotopic (exact) mass is 458 g/mol. The third-order valence-corrected chi connectivity index (χ3v) is 6.94. The van der Waals surface area contributed by atoms with E-state index in [4.69, 9.17) is 9.47 Å². The average Bonchev–Trinajstić information content (AvgIpc) is 2.79. The van der Waals surface area contributed by atoms with E-state index in [0.717, 1.165) is 27.7 Å². The van der Waals surface area contributed by atoms with Gasteiger partial charge < -0.3 is 14.8 Å². The molecule has 0 fully saturated rings. The quantitative estimate of drug-likeness (QED) is 0.521. The molecule has 10 heteroatoms. The summed E-state index contributed by atoms with van der Waals surface area (Å²) in [6.07, 6.45) is 4.01. The highest BCUT2D eigenvalue weighted by Crippen LogP contribution is 2.32. The highest BCUT2D eigenvalue weighted by Gasteiger charge is 2.15. The predicted octanol–water partition coefficient (Wildman–Crippen LogP) is 3.21. The topological polar surface area (TPSA) is 102 Å². The van der Waals surface area contributed by atoms with E-state index in [1.54, 1.807) is 18.2 Å². The Balaban J connectivity index is 1.57. The van der Waals surface area contributed by atoms with Crippen LogP contribution in [0.3, 0.4) is 0 Å². The standard InChI is InChI=1S/C21H22N4O4S2/c1-22-31(26,27)16-4-6-20(30-2)17(12-16)25-21-11-15(23-13-24-21)9-14-3-5-18-19(10-14)29-8-7-28-18/h3-6,10-13,22H,7-9H2,1-2H3,(H,23,24,25). The van der Waals surface area contributed by atoms with E-state index in [1.807, 2.05) is 30.5 Å². The Labute approximate surface area is 185 Å². The summed E-state index contributed by atoms with van der Waals surface area (Å²) in [4.78, 5) is 9.75. The lowest BCUT2D eigenvalue weighted by Crippen LogP contribution is -2.18. The molecule has 0 saturated heterocycles. The van der Waals surface area contributed by atoms with Gasteiger partial charge in [0.25, 0.3) is 0 Å². The van der Waals surface area contributed by atoms with Crippen molar-refractivity contribution in [1.29, 1.82) is 0 Å². The molecule has 1 aromatic heterocycles. The number of rotatable bonds is 7. The largest absolute Gasteiger partial charge is 0.486 e. The van der Waals surface area contributed by atoms with Crippen LogP contribution in [0.15, 0.2) is 58.6 Å². The first-order valence-corrected chi connectivity index (χ1v) is 12.3. The molecular weight excluding hydrogens is 436 g/mol. The van der Waals surface area contributed by atoms with E-state index in [2.05, 4.69) is 20.0 Å². The average molecular weight is 459 g/mol. The maximum Gasteiger partial charge on any atom is 0.240 e. The van der Waals surface area contributed by atoms with Crippen LogP contribution in [0.1, 0.15) is 11.3 Å². The van der Waals surface area contributed by atoms with Crippen LogP contribution in [0.2, 0.25) is 0 Å². The Bertz CT molecular complexity index is 1200. The number of nitrogens with one attached hydrogen (secondary N) is 2. The van der Waals surface area contributed by atoms with Crippen LogP contribution in [0.4, 0.5) is 11.5 Å². The highest BCUT2D eigenvalue weighted by atomic mass is 32.2. The van der Waals surface area contributed by atoms with Crippen molar-refractivity contribution in [2.45, 2.75) is 16.2 Å². The Morgan fingerprint density at radius 2 is 1.84 bits per heavy atom. The maximum atomic E-state index is 12.2. The number of hydrogen-bond acceptors (Lipinski definition) is 8. The van der Waals surface area contributed by atoms with Crippen molar-refractivity contribution in [2.75, 3.05) is 31.8 Å². The lowest BCUT2D eigenvalue weighted by molar-refractivity contribution is 0.171. The lowest BCUT2D eigenvalue weighted by atomic mass is 10.1. The maximum absolute atomic E-state index is 12.2. The fraction of sp³-hybridized carbons (Fsp3) is 0.238.